The van der Waals surface area contributed by atoms with Crippen LogP contribution in [0.3, 0.4) is 0 Å². The van der Waals surface area contributed by atoms with E-state index in [-0.39, 0.29) is 12.5 Å². The molecule has 0 fully saturated rings. The highest BCUT2D eigenvalue weighted by molar-refractivity contribution is 7.88. The first-order valence-electron chi connectivity index (χ1n) is 14.0. The lowest BCUT2D eigenvalue weighted by molar-refractivity contribution is -0.116. The fourth-order valence-electron chi connectivity index (χ4n) is 4.99. The summed E-state index contributed by atoms with van der Waals surface area (Å²) in [6, 6.07) is 11.9. The standard InChI is InChI=1S/C31H29FN8O3S/c1-3-4-5-29(41)36-22-11-20(14-33-15-22)25-6-7-26-30(38-25)31(40-39-26)27-12-23-24(16-34-17-28(23)37-27)19-8-18(9-21(32)10-19)13-35-44(2,42)43/h6-12,14-17,35,37H,3-5,13H2,1-2H3,(H,36,41)(H,39,40). The zero-order chi connectivity index (χ0) is 30.8. The van der Waals surface area contributed by atoms with E-state index in [4.69, 9.17) is 4.98 Å². The summed E-state index contributed by atoms with van der Waals surface area (Å²) < 4.78 is 40.1. The molecule has 0 unspecified atom stereocenters. The molecule has 4 N–H and O–H groups in total. The molecule has 0 saturated carbocycles. The number of sulfonamides is 1. The molecule has 5 aromatic heterocycles. The maximum Gasteiger partial charge on any atom is 0.224 e. The molecule has 0 spiro atoms. The highest BCUT2D eigenvalue weighted by Gasteiger charge is 2.17. The quantitative estimate of drug-likeness (QED) is 0.158. The van der Waals surface area contributed by atoms with E-state index in [1.807, 2.05) is 31.2 Å². The number of benzene rings is 1. The molecule has 0 bridgehead atoms. The van der Waals surface area contributed by atoms with Crippen molar-refractivity contribution in [1.82, 2.24) is 34.9 Å². The van der Waals surface area contributed by atoms with Crippen molar-refractivity contribution < 1.29 is 17.6 Å². The Labute approximate surface area is 252 Å². The normalized spacial score (nSPS) is 11.8. The molecular weight excluding hydrogens is 583 g/mol. The average Bonchev–Trinajstić information content (AvgIpc) is 3.62. The molecule has 13 heteroatoms. The molecule has 224 valence electrons. The van der Waals surface area contributed by atoms with Crippen LogP contribution >= 0.6 is 0 Å². The number of aromatic nitrogens is 6. The molecule has 6 rings (SSSR count). The predicted molar refractivity (Wildman–Crippen MR) is 167 cm³/mol. The average molecular weight is 613 g/mol. The monoisotopic (exact) mass is 612 g/mol. The molecule has 1 amide bonds. The Kier molecular flexibility index (Phi) is 7.89. The molecular formula is C31H29FN8O3S. The number of rotatable bonds is 10. The van der Waals surface area contributed by atoms with Gasteiger partial charge in [-0.05, 0) is 60.0 Å². The number of nitrogens with zero attached hydrogens (tertiary/aromatic N) is 4. The smallest absolute Gasteiger partial charge is 0.224 e. The van der Waals surface area contributed by atoms with E-state index in [2.05, 4.69) is 35.2 Å². The van der Waals surface area contributed by atoms with Gasteiger partial charge in [-0.3, -0.25) is 19.9 Å². The summed E-state index contributed by atoms with van der Waals surface area (Å²) in [5.41, 5.74) is 7.02. The highest BCUT2D eigenvalue weighted by Crippen LogP contribution is 2.34. The van der Waals surface area contributed by atoms with Crippen LogP contribution in [0.15, 0.2) is 67.3 Å². The maximum atomic E-state index is 14.6. The van der Waals surface area contributed by atoms with E-state index < -0.39 is 15.8 Å². The van der Waals surface area contributed by atoms with Gasteiger partial charge in [-0.25, -0.2) is 22.5 Å². The molecule has 0 aliphatic carbocycles. The van der Waals surface area contributed by atoms with E-state index in [9.17, 15) is 17.6 Å². The van der Waals surface area contributed by atoms with Crippen LogP contribution in [0.4, 0.5) is 10.1 Å². The number of carbonyl (C=O) groups is 1. The summed E-state index contributed by atoms with van der Waals surface area (Å²) in [7, 11) is -3.44. The van der Waals surface area contributed by atoms with Gasteiger partial charge in [0.05, 0.1) is 46.8 Å². The van der Waals surface area contributed by atoms with Crippen LogP contribution in [0.2, 0.25) is 0 Å². The third-order valence-corrected chi connectivity index (χ3v) is 7.76. The van der Waals surface area contributed by atoms with E-state index >= 15 is 0 Å². The minimum absolute atomic E-state index is 0.0394. The molecule has 1 aromatic carbocycles. The summed E-state index contributed by atoms with van der Waals surface area (Å²) in [5.74, 6) is -0.547. The molecule has 0 radical (unpaired) electrons. The predicted octanol–water partition coefficient (Wildman–Crippen LogP) is 5.55. The van der Waals surface area contributed by atoms with Crippen LogP contribution < -0.4 is 10.0 Å². The number of amides is 1. The number of halogens is 1. The lowest BCUT2D eigenvalue weighted by Crippen LogP contribution is -2.21. The van der Waals surface area contributed by atoms with Crippen molar-refractivity contribution >= 4 is 43.6 Å². The van der Waals surface area contributed by atoms with Gasteiger partial charge in [0.25, 0.3) is 0 Å². The maximum absolute atomic E-state index is 14.6. The minimum Gasteiger partial charge on any atom is -0.352 e. The number of hydrogen-bond acceptors (Lipinski definition) is 7. The van der Waals surface area contributed by atoms with Gasteiger partial charge in [0, 0.05) is 41.9 Å². The molecule has 44 heavy (non-hydrogen) atoms. The summed E-state index contributed by atoms with van der Waals surface area (Å²) in [4.78, 5) is 29.1. The Bertz CT molecular complexity index is 2120. The molecule has 0 aliphatic heterocycles. The van der Waals surface area contributed by atoms with Gasteiger partial charge in [0.1, 0.15) is 17.0 Å². The van der Waals surface area contributed by atoms with Crippen molar-refractivity contribution in [1.29, 1.82) is 0 Å². The second-order valence-corrected chi connectivity index (χ2v) is 12.4. The van der Waals surface area contributed by atoms with Gasteiger partial charge in [-0.1, -0.05) is 13.3 Å². The largest absolute Gasteiger partial charge is 0.352 e. The van der Waals surface area contributed by atoms with E-state index in [0.29, 0.717) is 56.9 Å². The number of aromatic amines is 2. The van der Waals surface area contributed by atoms with Crippen LogP contribution in [0.5, 0.6) is 0 Å². The Hall–Kier alpha value is -5.01. The van der Waals surface area contributed by atoms with Gasteiger partial charge in [0.15, 0.2) is 0 Å². The SMILES string of the molecule is CCCCC(=O)Nc1cncc(-c2ccc3[nH]nc(-c4cc5c(-c6cc(F)cc(CNS(C)(=O)=O)c6)cncc5[nH]4)c3n2)c1. The lowest BCUT2D eigenvalue weighted by atomic mass is 10.0. The number of carbonyl (C=O) groups excluding carboxylic acids is 1. The number of fused-ring (bicyclic) bond motifs is 2. The Balaban J connectivity index is 1.35. The summed E-state index contributed by atoms with van der Waals surface area (Å²) in [6.07, 6.45) is 9.87. The number of hydrogen-bond donors (Lipinski definition) is 4. The summed E-state index contributed by atoms with van der Waals surface area (Å²) >= 11 is 0. The third-order valence-electron chi connectivity index (χ3n) is 7.09. The second kappa shape index (κ2) is 11.9. The summed E-state index contributed by atoms with van der Waals surface area (Å²) in [5, 5.41) is 11.2. The van der Waals surface area contributed by atoms with Crippen molar-refractivity contribution in [3.8, 4) is 33.8 Å². The number of unbranched alkanes of at least 4 members (excludes halogenated alkanes) is 1. The van der Waals surface area contributed by atoms with Crippen LogP contribution in [0, 0.1) is 5.82 Å². The molecule has 0 atom stereocenters. The van der Waals surface area contributed by atoms with Gasteiger partial charge in [0.2, 0.25) is 15.9 Å². The molecule has 0 saturated heterocycles. The lowest BCUT2D eigenvalue weighted by Gasteiger charge is -2.08. The number of nitrogens with one attached hydrogen (secondary N) is 4. The van der Waals surface area contributed by atoms with Crippen molar-refractivity contribution in [2.45, 2.75) is 32.7 Å². The Morgan fingerprint density at radius 1 is 0.977 bits per heavy atom. The van der Waals surface area contributed by atoms with Gasteiger partial charge in [-0.15, -0.1) is 0 Å². The highest BCUT2D eigenvalue weighted by atomic mass is 32.2. The van der Waals surface area contributed by atoms with Gasteiger partial charge >= 0.3 is 0 Å². The van der Waals surface area contributed by atoms with Crippen molar-refractivity contribution in [2.75, 3.05) is 11.6 Å². The second-order valence-electron chi connectivity index (χ2n) is 10.6. The van der Waals surface area contributed by atoms with Crippen LogP contribution in [0.25, 0.3) is 55.7 Å². The molecule has 11 nitrogen and oxygen atoms in total. The number of pyridine rings is 3. The van der Waals surface area contributed by atoms with E-state index in [1.165, 1.54) is 12.1 Å². The van der Waals surface area contributed by atoms with Crippen molar-refractivity contribution in [2.24, 2.45) is 0 Å². The zero-order valence-electron chi connectivity index (χ0n) is 24.0. The van der Waals surface area contributed by atoms with Gasteiger partial charge < -0.3 is 10.3 Å². The van der Waals surface area contributed by atoms with Gasteiger partial charge in [-0.2, -0.15) is 5.10 Å². The third kappa shape index (κ3) is 6.33. The van der Waals surface area contributed by atoms with Crippen LogP contribution in [0.1, 0.15) is 31.7 Å². The fourth-order valence-corrected chi connectivity index (χ4v) is 5.42. The molecule has 0 aliphatic rings. The van der Waals surface area contributed by atoms with Crippen LogP contribution in [-0.2, 0) is 21.4 Å². The Morgan fingerprint density at radius 3 is 2.64 bits per heavy atom. The first-order valence-corrected chi connectivity index (χ1v) is 15.9. The topological polar surface area (TPSA) is 158 Å². The van der Waals surface area contributed by atoms with Crippen molar-refractivity contribution in [3.05, 3.63) is 78.6 Å². The first-order chi connectivity index (χ1) is 21.2. The van der Waals surface area contributed by atoms with E-state index in [0.717, 1.165) is 35.6 Å². The van der Waals surface area contributed by atoms with E-state index in [1.54, 1.807) is 30.9 Å². The first kappa shape index (κ1) is 29.1. The zero-order valence-corrected chi connectivity index (χ0v) is 24.8. The van der Waals surface area contributed by atoms with Crippen LogP contribution in [-0.4, -0.2) is 50.7 Å². The molecule has 5 heterocycles. The van der Waals surface area contributed by atoms with Crippen molar-refractivity contribution in [3.63, 3.8) is 0 Å². The minimum atomic E-state index is -3.44. The number of H-pyrrole nitrogens is 2. The Morgan fingerprint density at radius 2 is 1.82 bits per heavy atom. The number of anilines is 1. The summed E-state index contributed by atoms with van der Waals surface area (Å²) in [6.45, 7) is 2.00. The fraction of sp³-hybridized carbons (Fsp3) is 0.194. The molecule has 6 aromatic rings.